The zero-order chi connectivity index (χ0) is 14.8. The van der Waals surface area contributed by atoms with E-state index in [4.69, 9.17) is 11.6 Å². The Balaban J connectivity index is 2.07. The third-order valence-corrected chi connectivity index (χ3v) is 3.85. The van der Waals surface area contributed by atoms with Crippen molar-refractivity contribution in [3.05, 3.63) is 52.0 Å². The number of rotatable bonds is 3. The molecule has 8 heteroatoms. The Morgan fingerprint density at radius 2 is 2.29 bits per heavy atom. The van der Waals surface area contributed by atoms with Crippen molar-refractivity contribution in [3.63, 3.8) is 0 Å². The zero-order valence-corrected chi connectivity index (χ0v) is 13.1. The number of halogens is 2. The predicted octanol–water partition coefficient (Wildman–Crippen LogP) is 2.09. The molecule has 3 rings (SSSR count). The van der Waals surface area contributed by atoms with Crippen LogP contribution in [0.2, 0.25) is 5.15 Å². The highest BCUT2D eigenvalue weighted by Gasteiger charge is 2.23. The summed E-state index contributed by atoms with van der Waals surface area (Å²) < 4.78 is 2.38. The Kier molecular flexibility index (Phi) is 3.91. The maximum absolute atomic E-state index is 9.51. The lowest BCUT2D eigenvalue weighted by atomic mass is 9.45. The molecule has 0 aromatic carbocycles. The van der Waals surface area contributed by atoms with Crippen molar-refractivity contribution in [3.8, 4) is 5.97 Å². The first-order chi connectivity index (χ1) is 10.2. The van der Waals surface area contributed by atoms with Gasteiger partial charge in [0.05, 0.1) is 10.7 Å². The number of pyridine rings is 1. The summed E-state index contributed by atoms with van der Waals surface area (Å²) in [5.74, 6) is 2.31. The fourth-order valence-corrected chi connectivity index (χ4v) is 2.69. The van der Waals surface area contributed by atoms with Crippen LogP contribution in [0.3, 0.4) is 0 Å². The Hall–Kier alpha value is -1.91. The minimum Gasteiger partial charge on any atom is -0.264 e. The lowest BCUT2D eigenvalue weighted by Crippen LogP contribution is -2.37. The fourth-order valence-electron chi connectivity index (χ4n) is 2.15. The van der Waals surface area contributed by atoms with Gasteiger partial charge in [-0.15, -0.1) is 0 Å². The SMILES string of the molecule is N#CB(Cc1cccnc1)c1cc(Cl)nc2c(Br)cnn12. The molecule has 3 aromatic heterocycles. The van der Waals surface area contributed by atoms with Crippen LogP contribution in [-0.2, 0) is 6.32 Å². The van der Waals surface area contributed by atoms with Crippen LogP contribution in [0.1, 0.15) is 5.56 Å². The van der Waals surface area contributed by atoms with Gasteiger partial charge in [0.1, 0.15) is 5.15 Å². The Labute approximate surface area is 134 Å². The maximum Gasteiger partial charge on any atom is 0.326 e. The second-order valence-corrected chi connectivity index (χ2v) is 5.72. The predicted molar refractivity (Wildman–Crippen MR) is 84.6 cm³/mol. The molecule has 0 saturated heterocycles. The van der Waals surface area contributed by atoms with Gasteiger partial charge >= 0.3 is 6.71 Å². The standard InChI is InChI=1S/C13H8BBrClN5/c15-10-7-19-21-11(4-12(16)20-13(10)21)14(8-17)5-9-2-1-3-18-6-9/h1-4,6-7H,5H2. The second-order valence-electron chi connectivity index (χ2n) is 4.48. The van der Waals surface area contributed by atoms with Gasteiger partial charge in [0.2, 0.25) is 0 Å². The van der Waals surface area contributed by atoms with Gasteiger partial charge in [-0.25, -0.2) is 14.8 Å². The van der Waals surface area contributed by atoms with E-state index in [1.54, 1.807) is 29.2 Å². The van der Waals surface area contributed by atoms with Gasteiger partial charge in [-0.3, -0.25) is 4.98 Å². The topological polar surface area (TPSA) is 66.9 Å². The van der Waals surface area contributed by atoms with Crippen molar-refractivity contribution < 1.29 is 0 Å². The lowest BCUT2D eigenvalue weighted by molar-refractivity contribution is 0.964. The Bertz CT molecular complexity index is 830. The van der Waals surface area contributed by atoms with Crippen LogP contribution in [-0.4, -0.2) is 26.3 Å². The minimum absolute atomic E-state index is 0.338. The molecule has 21 heavy (non-hydrogen) atoms. The number of fused-ring (bicyclic) bond motifs is 1. The van der Waals surface area contributed by atoms with Gasteiger partial charge in [0, 0.05) is 24.0 Å². The average Bonchev–Trinajstić information content (AvgIpc) is 2.87. The smallest absolute Gasteiger partial charge is 0.264 e. The summed E-state index contributed by atoms with van der Waals surface area (Å²) in [4.78, 5) is 8.29. The molecule has 0 spiro atoms. The fraction of sp³-hybridized carbons (Fsp3) is 0.0769. The molecule has 3 heterocycles. The van der Waals surface area contributed by atoms with Gasteiger partial charge in [-0.2, -0.15) is 5.10 Å². The highest BCUT2D eigenvalue weighted by atomic mass is 79.9. The highest BCUT2D eigenvalue weighted by molar-refractivity contribution is 9.10. The van der Waals surface area contributed by atoms with Crippen molar-refractivity contribution >= 4 is 45.5 Å². The number of hydrogen-bond donors (Lipinski definition) is 0. The first-order valence-corrected chi connectivity index (χ1v) is 7.34. The van der Waals surface area contributed by atoms with E-state index in [0.29, 0.717) is 22.7 Å². The third kappa shape index (κ3) is 2.78. The number of hydrogen-bond acceptors (Lipinski definition) is 4. The van der Waals surface area contributed by atoms with E-state index in [1.807, 2.05) is 12.1 Å². The molecule has 0 fully saturated rings. The van der Waals surface area contributed by atoms with Gasteiger partial charge in [-0.05, 0) is 39.9 Å². The second kappa shape index (κ2) is 5.84. The van der Waals surface area contributed by atoms with Crippen LogP contribution >= 0.6 is 27.5 Å². The van der Waals surface area contributed by atoms with Gasteiger partial charge in [0.15, 0.2) is 5.65 Å². The largest absolute Gasteiger partial charge is 0.326 e. The molecule has 0 N–H and O–H groups in total. The third-order valence-electron chi connectivity index (χ3n) is 3.10. The van der Waals surface area contributed by atoms with Crippen LogP contribution in [0, 0.1) is 11.2 Å². The van der Waals surface area contributed by atoms with Crippen LogP contribution in [0.4, 0.5) is 0 Å². The van der Waals surface area contributed by atoms with E-state index in [9.17, 15) is 5.26 Å². The van der Waals surface area contributed by atoms with Gasteiger partial charge in [0.25, 0.3) is 0 Å². The minimum atomic E-state index is -0.385. The zero-order valence-electron chi connectivity index (χ0n) is 10.7. The molecule has 0 amide bonds. The number of nitrogens with zero attached hydrogens (tertiary/aromatic N) is 5. The van der Waals surface area contributed by atoms with Crippen LogP contribution < -0.4 is 5.59 Å². The molecule has 0 unspecified atom stereocenters. The van der Waals surface area contributed by atoms with Gasteiger partial charge in [-0.1, -0.05) is 17.7 Å². The molecular weight excluding hydrogens is 352 g/mol. The van der Waals surface area contributed by atoms with E-state index >= 15 is 0 Å². The molecule has 0 radical (unpaired) electrons. The summed E-state index contributed by atoms with van der Waals surface area (Å²) in [6, 6.07) is 5.47. The molecule has 0 aliphatic rings. The van der Waals surface area contributed by atoms with E-state index < -0.39 is 0 Å². The first-order valence-electron chi connectivity index (χ1n) is 6.17. The number of aromatic nitrogens is 4. The average molecular weight is 360 g/mol. The molecule has 3 aromatic rings. The number of nitriles is 1. The van der Waals surface area contributed by atoms with Crippen LogP contribution in [0.5, 0.6) is 0 Å². The van der Waals surface area contributed by atoms with Crippen LogP contribution in [0.25, 0.3) is 5.65 Å². The molecular formula is C13H8BBrClN5. The summed E-state index contributed by atoms with van der Waals surface area (Å²) in [5, 5.41) is 14.1. The van der Waals surface area contributed by atoms with Crippen molar-refractivity contribution in [2.45, 2.75) is 6.32 Å². The molecule has 5 nitrogen and oxygen atoms in total. The van der Waals surface area contributed by atoms with E-state index in [1.165, 1.54) is 0 Å². The molecule has 102 valence electrons. The normalized spacial score (nSPS) is 10.5. The summed E-state index contributed by atoms with van der Waals surface area (Å²) in [6.07, 6.45) is 5.64. The maximum atomic E-state index is 9.51. The van der Waals surface area contributed by atoms with Crippen molar-refractivity contribution in [2.75, 3.05) is 0 Å². The van der Waals surface area contributed by atoms with Gasteiger partial charge < -0.3 is 0 Å². The highest BCUT2D eigenvalue weighted by Crippen LogP contribution is 2.16. The van der Waals surface area contributed by atoms with Crippen molar-refractivity contribution in [1.29, 1.82) is 5.26 Å². The van der Waals surface area contributed by atoms with E-state index in [0.717, 1.165) is 10.0 Å². The molecule has 0 atom stereocenters. The first kappa shape index (κ1) is 14.0. The molecule has 0 saturated carbocycles. The lowest BCUT2D eigenvalue weighted by Gasteiger charge is -2.09. The Morgan fingerprint density at radius 3 is 3.00 bits per heavy atom. The molecule has 0 aliphatic carbocycles. The summed E-state index contributed by atoms with van der Waals surface area (Å²) in [6.45, 7) is -0.385. The summed E-state index contributed by atoms with van der Waals surface area (Å²) in [7, 11) is 0. The molecule has 0 bridgehead atoms. The Morgan fingerprint density at radius 1 is 1.43 bits per heavy atom. The van der Waals surface area contributed by atoms with E-state index in [-0.39, 0.29) is 6.71 Å². The van der Waals surface area contributed by atoms with Crippen LogP contribution in [0.15, 0.2) is 41.3 Å². The van der Waals surface area contributed by atoms with Crippen molar-refractivity contribution in [2.24, 2.45) is 0 Å². The monoisotopic (exact) mass is 359 g/mol. The van der Waals surface area contributed by atoms with Crippen molar-refractivity contribution in [1.82, 2.24) is 19.6 Å². The molecule has 0 aliphatic heterocycles. The summed E-state index contributed by atoms with van der Waals surface area (Å²) in [5.41, 5.74) is 2.29. The quantitative estimate of drug-likeness (QED) is 0.530. The summed E-state index contributed by atoms with van der Waals surface area (Å²) >= 11 is 9.44. The van der Waals surface area contributed by atoms with E-state index in [2.05, 4.69) is 37.0 Å².